The summed E-state index contributed by atoms with van der Waals surface area (Å²) in [5.41, 5.74) is 0.355. The minimum absolute atomic E-state index is 0.116. The van der Waals surface area contributed by atoms with Crippen LogP contribution in [-0.4, -0.2) is 46.9 Å². The van der Waals surface area contributed by atoms with E-state index in [2.05, 4.69) is 20.4 Å². The highest BCUT2D eigenvalue weighted by molar-refractivity contribution is 7.22. The van der Waals surface area contributed by atoms with Gasteiger partial charge in [-0.05, 0) is 19.1 Å². The second-order valence-corrected chi connectivity index (χ2v) is 6.16. The highest BCUT2D eigenvalue weighted by Gasteiger charge is 2.31. The first-order valence-electron chi connectivity index (χ1n) is 7.27. The third-order valence-corrected chi connectivity index (χ3v) is 3.93. The molecule has 1 aromatic heterocycles. The smallest absolute Gasteiger partial charge is 0.465 e. The molecule has 146 valence electrons. The molecule has 3 amide bonds. The molecule has 27 heavy (non-hydrogen) atoms. The number of thiazole rings is 1. The number of amides is 3. The van der Waals surface area contributed by atoms with Crippen LogP contribution in [0.5, 0.6) is 5.75 Å². The number of benzene rings is 1. The summed E-state index contributed by atoms with van der Waals surface area (Å²) in [6.45, 7) is 0.859. The van der Waals surface area contributed by atoms with Crippen LogP contribution in [0.4, 0.5) is 23.1 Å². The number of carboxylic acid groups (broad SMARTS) is 1. The average Bonchev–Trinajstić information content (AvgIpc) is 2.91. The Hall–Kier alpha value is -3.09. The molecule has 0 bridgehead atoms. The standard InChI is InChI=1S/C14H13F3N4O5S/c1-6(19-13(24)25)11(23)18-5-10(22)21-12-20-8-3-2-7(4-9(8)27-12)26-14(15,16)17/h2-4,6,19H,5H2,1H3,(H,18,23)(H,24,25)(H,20,21,22). The van der Waals surface area contributed by atoms with Crippen molar-refractivity contribution < 1.29 is 37.4 Å². The first kappa shape index (κ1) is 20.2. The number of rotatable bonds is 6. The molecule has 13 heteroatoms. The molecule has 1 atom stereocenters. The number of alkyl halides is 3. The summed E-state index contributed by atoms with van der Waals surface area (Å²) in [5.74, 6) is -1.76. The number of nitrogens with zero attached hydrogens (tertiary/aromatic N) is 1. The molecule has 0 spiro atoms. The van der Waals surface area contributed by atoms with Crippen molar-refractivity contribution in [3.05, 3.63) is 18.2 Å². The maximum atomic E-state index is 12.2. The lowest BCUT2D eigenvalue weighted by Crippen LogP contribution is -2.46. The van der Waals surface area contributed by atoms with Crippen LogP contribution in [0.1, 0.15) is 6.92 Å². The molecule has 0 aliphatic carbocycles. The molecule has 0 saturated heterocycles. The van der Waals surface area contributed by atoms with Gasteiger partial charge in [-0.1, -0.05) is 11.3 Å². The largest absolute Gasteiger partial charge is 0.573 e. The summed E-state index contributed by atoms with van der Waals surface area (Å²) < 4.78 is 40.9. The van der Waals surface area contributed by atoms with Gasteiger partial charge in [0.05, 0.1) is 16.8 Å². The quantitative estimate of drug-likeness (QED) is 0.580. The first-order valence-corrected chi connectivity index (χ1v) is 8.08. The predicted octanol–water partition coefficient (Wildman–Crippen LogP) is 1.91. The summed E-state index contributed by atoms with van der Waals surface area (Å²) in [4.78, 5) is 37.9. The van der Waals surface area contributed by atoms with E-state index in [9.17, 15) is 27.6 Å². The van der Waals surface area contributed by atoms with E-state index in [-0.39, 0.29) is 5.13 Å². The molecule has 0 aliphatic heterocycles. The Labute approximate surface area is 153 Å². The van der Waals surface area contributed by atoms with E-state index in [1.807, 2.05) is 5.32 Å². The van der Waals surface area contributed by atoms with Gasteiger partial charge in [-0.25, -0.2) is 9.78 Å². The number of ether oxygens (including phenoxy) is 1. The van der Waals surface area contributed by atoms with Crippen LogP contribution in [0, 0.1) is 0 Å². The van der Waals surface area contributed by atoms with E-state index < -0.39 is 42.6 Å². The number of hydrogen-bond acceptors (Lipinski definition) is 6. The van der Waals surface area contributed by atoms with Crippen LogP contribution in [0.25, 0.3) is 10.2 Å². The summed E-state index contributed by atoms with van der Waals surface area (Å²) in [7, 11) is 0. The van der Waals surface area contributed by atoms with E-state index in [4.69, 9.17) is 5.11 Å². The average molecular weight is 406 g/mol. The van der Waals surface area contributed by atoms with Gasteiger partial charge in [-0.2, -0.15) is 0 Å². The Morgan fingerprint density at radius 2 is 2.04 bits per heavy atom. The van der Waals surface area contributed by atoms with Gasteiger partial charge in [0.25, 0.3) is 0 Å². The molecule has 9 nitrogen and oxygen atoms in total. The summed E-state index contributed by atoms with van der Waals surface area (Å²) >= 11 is 0.922. The van der Waals surface area contributed by atoms with E-state index in [0.717, 1.165) is 23.5 Å². The van der Waals surface area contributed by atoms with Crippen molar-refractivity contribution in [3.63, 3.8) is 0 Å². The van der Waals surface area contributed by atoms with Crippen molar-refractivity contribution in [2.24, 2.45) is 0 Å². The monoisotopic (exact) mass is 406 g/mol. The van der Waals surface area contributed by atoms with E-state index in [0.29, 0.717) is 10.2 Å². The van der Waals surface area contributed by atoms with Crippen molar-refractivity contribution in [2.75, 3.05) is 11.9 Å². The Morgan fingerprint density at radius 1 is 1.33 bits per heavy atom. The van der Waals surface area contributed by atoms with Gasteiger partial charge in [0.1, 0.15) is 11.8 Å². The summed E-state index contributed by atoms with van der Waals surface area (Å²) in [5, 5.41) is 15.2. The normalized spacial score (nSPS) is 12.3. The zero-order chi connectivity index (χ0) is 20.2. The van der Waals surface area contributed by atoms with Gasteiger partial charge in [0.2, 0.25) is 11.8 Å². The number of nitrogens with one attached hydrogen (secondary N) is 3. The van der Waals surface area contributed by atoms with Crippen LogP contribution in [-0.2, 0) is 9.59 Å². The van der Waals surface area contributed by atoms with E-state index in [1.54, 1.807) is 0 Å². The number of fused-ring (bicyclic) bond motifs is 1. The third-order valence-electron chi connectivity index (χ3n) is 3.00. The molecule has 1 heterocycles. The van der Waals surface area contributed by atoms with Crippen molar-refractivity contribution in [1.82, 2.24) is 15.6 Å². The van der Waals surface area contributed by atoms with Gasteiger partial charge in [0.15, 0.2) is 5.13 Å². The zero-order valence-electron chi connectivity index (χ0n) is 13.6. The van der Waals surface area contributed by atoms with Gasteiger partial charge in [-0.3, -0.25) is 9.59 Å². The number of carbonyl (C=O) groups excluding carboxylic acids is 2. The van der Waals surface area contributed by atoms with Crippen molar-refractivity contribution >= 4 is 44.6 Å². The fraction of sp³-hybridized carbons (Fsp3) is 0.286. The zero-order valence-corrected chi connectivity index (χ0v) is 14.4. The van der Waals surface area contributed by atoms with Crippen molar-refractivity contribution in [1.29, 1.82) is 0 Å². The Morgan fingerprint density at radius 3 is 2.67 bits per heavy atom. The first-order chi connectivity index (χ1) is 12.5. The maximum Gasteiger partial charge on any atom is 0.573 e. The Balaban J connectivity index is 1.94. The van der Waals surface area contributed by atoms with E-state index >= 15 is 0 Å². The van der Waals surface area contributed by atoms with Crippen LogP contribution in [0.3, 0.4) is 0 Å². The number of halogens is 3. The number of carbonyl (C=O) groups is 3. The topological polar surface area (TPSA) is 130 Å². The van der Waals surface area contributed by atoms with Crippen molar-refractivity contribution in [3.8, 4) is 5.75 Å². The number of anilines is 1. The molecule has 0 fully saturated rings. The lowest BCUT2D eigenvalue weighted by molar-refractivity contribution is -0.274. The minimum Gasteiger partial charge on any atom is -0.465 e. The molecule has 1 unspecified atom stereocenters. The molecular weight excluding hydrogens is 393 g/mol. The SMILES string of the molecule is CC(NC(=O)O)C(=O)NCC(=O)Nc1nc2ccc(OC(F)(F)F)cc2s1. The van der Waals surface area contributed by atoms with Gasteiger partial charge in [0, 0.05) is 6.07 Å². The predicted molar refractivity (Wildman–Crippen MR) is 88.6 cm³/mol. The molecule has 2 aromatic rings. The molecule has 0 aliphatic rings. The fourth-order valence-corrected chi connectivity index (χ4v) is 2.80. The lowest BCUT2D eigenvalue weighted by Gasteiger charge is -2.11. The van der Waals surface area contributed by atoms with Crippen LogP contribution in [0.2, 0.25) is 0 Å². The molecule has 0 saturated carbocycles. The van der Waals surface area contributed by atoms with Gasteiger partial charge < -0.3 is 25.8 Å². The third kappa shape index (κ3) is 6.29. The molecule has 1 aromatic carbocycles. The van der Waals surface area contributed by atoms with E-state index in [1.165, 1.54) is 13.0 Å². The molecule has 2 rings (SSSR count). The van der Waals surface area contributed by atoms with Crippen LogP contribution < -0.4 is 20.7 Å². The summed E-state index contributed by atoms with van der Waals surface area (Å²) in [6.07, 6.45) is -6.20. The fourth-order valence-electron chi connectivity index (χ4n) is 1.89. The molecule has 0 radical (unpaired) electrons. The molecule has 4 N–H and O–H groups in total. The van der Waals surface area contributed by atoms with Gasteiger partial charge in [-0.15, -0.1) is 13.2 Å². The number of hydrogen-bond donors (Lipinski definition) is 4. The Bertz CT molecular complexity index is 870. The number of aromatic nitrogens is 1. The summed E-state index contributed by atoms with van der Waals surface area (Å²) in [6, 6.07) is 2.49. The maximum absolute atomic E-state index is 12.2. The minimum atomic E-state index is -4.82. The van der Waals surface area contributed by atoms with Crippen molar-refractivity contribution in [2.45, 2.75) is 19.3 Å². The second-order valence-electron chi connectivity index (χ2n) is 5.13. The second kappa shape index (κ2) is 8.07. The van der Waals surface area contributed by atoms with Crippen LogP contribution in [0.15, 0.2) is 18.2 Å². The highest BCUT2D eigenvalue weighted by atomic mass is 32.1. The van der Waals surface area contributed by atoms with Gasteiger partial charge >= 0.3 is 12.5 Å². The highest BCUT2D eigenvalue weighted by Crippen LogP contribution is 2.31. The Kier molecular flexibility index (Phi) is 6.05. The van der Waals surface area contributed by atoms with Crippen LogP contribution >= 0.6 is 11.3 Å². The lowest BCUT2D eigenvalue weighted by atomic mass is 10.3. The molecular formula is C14H13F3N4O5S.